The Balaban J connectivity index is 2.35. The number of rotatable bonds is 7. The first kappa shape index (κ1) is 15.8. The molecule has 0 aromatic rings. The van der Waals surface area contributed by atoms with E-state index in [1.165, 1.54) is 0 Å². The molecule has 5 heteroatoms. The van der Waals surface area contributed by atoms with Crippen LogP contribution < -0.4 is 5.32 Å². The van der Waals surface area contributed by atoms with Gasteiger partial charge in [0.1, 0.15) is 6.61 Å². The van der Waals surface area contributed by atoms with Gasteiger partial charge in [0.15, 0.2) is 0 Å². The van der Waals surface area contributed by atoms with E-state index in [0.717, 1.165) is 6.42 Å². The molecule has 1 aliphatic rings. The molecule has 0 aromatic heterocycles. The highest BCUT2D eigenvalue weighted by molar-refractivity contribution is 5.03. The number of hydrogen-bond acceptors (Lipinski definition) is 3. The van der Waals surface area contributed by atoms with Gasteiger partial charge in [0, 0.05) is 18.1 Å². The van der Waals surface area contributed by atoms with E-state index in [0.29, 0.717) is 12.5 Å². The molecule has 0 bridgehead atoms. The normalized spacial score (nSPS) is 27.3. The number of alkyl halides is 2. The van der Waals surface area contributed by atoms with Crippen molar-refractivity contribution < 1.29 is 18.6 Å². The Hall–Kier alpha value is -0.260. The van der Waals surface area contributed by atoms with Gasteiger partial charge in [0.05, 0.1) is 12.6 Å². The van der Waals surface area contributed by atoms with E-state index >= 15 is 0 Å². The first-order chi connectivity index (χ1) is 8.19. The molecule has 1 rings (SSSR count). The molecule has 1 saturated carbocycles. The molecule has 0 aromatic carbocycles. The molecule has 0 saturated heterocycles. The van der Waals surface area contributed by atoms with E-state index in [1.54, 1.807) is 0 Å². The van der Waals surface area contributed by atoms with Gasteiger partial charge in [0.25, 0.3) is 5.92 Å². The van der Waals surface area contributed by atoms with Crippen LogP contribution in [0.4, 0.5) is 8.78 Å². The smallest absolute Gasteiger partial charge is 0.282 e. The van der Waals surface area contributed by atoms with Crippen LogP contribution >= 0.6 is 0 Å². The molecular formula is C13H25F2NO2. The quantitative estimate of drug-likeness (QED) is 0.740. The molecule has 3 nitrogen and oxygen atoms in total. The standard InChI is InChI=1S/C13H25F2NO2/c1-9(2)6-18-11-5-10(12(11,3)4)16-7-13(14,15)8-17/h9-11,16-17H,5-8H2,1-4H3. The maximum atomic E-state index is 12.9. The molecule has 0 aliphatic heterocycles. The maximum Gasteiger partial charge on any atom is 0.282 e. The second kappa shape index (κ2) is 5.80. The topological polar surface area (TPSA) is 41.5 Å². The number of hydrogen-bond donors (Lipinski definition) is 2. The van der Waals surface area contributed by atoms with Crippen LogP contribution in [-0.2, 0) is 4.74 Å². The van der Waals surface area contributed by atoms with Crippen molar-refractivity contribution in [3.8, 4) is 0 Å². The number of ether oxygens (including phenoxy) is 1. The third-order valence-corrected chi connectivity index (χ3v) is 3.65. The predicted octanol–water partition coefficient (Wildman–Crippen LogP) is 2.04. The van der Waals surface area contributed by atoms with Crippen molar-refractivity contribution in [2.45, 2.75) is 52.2 Å². The molecule has 2 unspecified atom stereocenters. The first-order valence-corrected chi connectivity index (χ1v) is 6.52. The summed E-state index contributed by atoms with van der Waals surface area (Å²) < 4.78 is 31.6. The number of aliphatic hydroxyl groups excluding tert-OH is 1. The van der Waals surface area contributed by atoms with Crippen LogP contribution in [0.3, 0.4) is 0 Å². The Bertz CT molecular complexity index is 270. The Labute approximate surface area is 108 Å². The Kier molecular flexibility index (Phi) is 5.09. The molecular weight excluding hydrogens is 240 g/mol. The largest absolute Gasteiger partial charge is 0.390 e. The van der Waals surface area contributed by atoms with Crippen LogP contribution in [-0.4, -0.2) is 42.9 Å². The average molecular weight is 265 g/mol. The molecule has 0 spiro atoms. The van der Waals surface area contributed by atoms with Crippen molar-refractivity contribution in [2.24, 2.45) is 11.3 Å². The van der Waals surface area contributed by atoms with Gasteiger partial charge >= 0.3 is 0 Å². The zero-order valence-electron chi connectivity index (χ0n) is 11.7. The summed E-state index contributed by atoms with van der Waals surface area (Å²) in [4.78, 5) is 0. The van der Waals surface area contributed by atoms with Gasteiger partial charge in [-0.15, -0.1) is 0 Å². The molecule has 18 heavy (non-hydrogen) atoms. The fraction of sp³-hybridized carbons (Fsp3) is 1.00. The van der Waals surface area contributed by atoms with Crippen LogP contribution in [0.25, 0.3) is 0 Å². The van der Waals surface area contributed by atoms with Crippen LogP contribution in [0.5, 0.6) is 0 Å². The van der Waals surface area contributed by atoms with Crippen molar-refractivity contribution in [3.05, 3.63) is 0 Å². The third-order valence-electron chi connectivity index (χ3n) is 3.65. The van der Waals surface area contributed by atoms with Gasteiger partial charge in [-0.05, 0) is 12.3 Å². The molecule has 2 atom stereocenters. The van der Waals surface area contributed by atoms with E-state index in [1.807, 2.05) is 13.8 Å². The lowest BCUT2D eigenvalue weighted by Gasteiger charge is -2.52. The minimum Gasteiger partial charge on any atom is -0.390 e. The van der Waals surface area contributed by atoms with Crippen LogP contribution in [0.2, 0.25) is 0 Å². The second-order valence-corrected chi connectivity index (χ2v) is 6.22. The lowest BCUT2D eigenvalue weighted by molar-refractivity contribution is -0.131. The van der Waals surface area contributed by atoms with Gasteiger partial charge in [-0.3, -0.25) is 0 Å². The van der Waals surface area contributed by atoms with Crippen LogP contribution in [0.15, 0.2) is 0 Å². The van der Waals surface area contributed by atoms with E-state index in [4.69, 9.17) is 9.84 Å². The van der Waals surface area contributed by atoms with Gasteiger partial charge < -0.3 is 15.2 Å². The van der Waals surface area contributed by atoms with Gasteiger partial charge in [0.2, 0.25) is 0 Å². The lowest BCUT2D eigenvalue weighted by atomic mass is 9.64. The molecule has 108 valence electrons. The third kappa shape index (κ3) is 3.87. The van der Waals surface area contributed by atoms with Gasteiger partial charge in [-0.1, -0.05) is 27.7 Å². The first-order valence-electron chi connectivity index (χ1n) is 6.52. The number of halogens is 2. The molecule has 0 amide bonds. The average Bonchev–Trinajstić information content (AvgIpc) is 2.26. The van der Waals surface area contributed by atoms with Crippen molar-refractivity contribution in [2.75, 3.05) is 19.8 Å². The van der Waals surface area contributed by atoms with Crippen molar-refractivity contribution >= 4 is 0 Å². The van der Waals surface area contributed by atoms with E-state index < -0.39 is 19.1 Å². The molecule has 0 heterocycles. The van der Waals surface area contributed by atoms with Crippen molar-refractivity contribution in [1.29, 1.82) is 0 Å². The fourth-order valence-corrected chi connectivity index (χ4v) is 2.15. The Morgan fingerprint density at radius 3 is 2.50 bits per heavy atom. The zero-order valence-corrected chi connectivity index (χ0v) is 11.7. The Morgan fingerprint density at radius 1 is 1.44 bits per heavy atom. The molecule has 0 radical (unpaired) electrons. The summed E-state index contributed by atoms with van der Waals surface area (Å²) in [6, 6.07) is 0.0205. The SMILES string of the molecule is CC(C)COC1CC(NCC(F)(F)CO)C1(C)C. The second-order valence-electron chi connectivity index (χ2n) is 6.22. The van der Waals surface area contributed by atoms with E-state index in [-0.39, 0.29) is 17.6 Å². The van der Waals surface area contributed by atoms with Crippen molar-refractivity contribution in [1.82, 2.24) is 5.32 Å². The van der Waals surface area contributed by atoms with E-state index in [9.17, 15) is 8.78 Å². The number of aliphatic hydroxyl groups is 1. The van der Waals surface area contributed by atoms with E-state index in [2.05, 4.69) is 19.2 Å². The van der Waals surface area contributed by atoms with Gasteiger partial charge in [-0.25, -0.2) is 8.78 Å². The minimum atomic E-state index is -3.04. The van der Waals surface area contributed by atoms with Gasteiger partial charge in [-0.2, -0.15) is 0 Å². The summed E-state index contributed by atoms with van der Waals surface area (Å²) in [5, 5.41) is 11.3. The molecule has 1 aliphatic carbocycles. The minimum absolute atomic E-state index is 0.0205. The Morgan fingerprint density at radius 2 is 2.06 bits per heavy atom. The fourth-order valence-electron chi connectivity index (χ4n) is 2.15. The predicted molar refractivity (Wildman–Crippen MR) is 66.8 cm³/mol. The maximum absolute atomic E-state index is 12.9. The molecule has 2 N–H and O–H groups in total. The highest BCUT2D eigenvalue weighted by Crippen LogP contribution is 2.43. The zero-order chi connectivity index (χ0) is 14.0. The van der Waals surface area contributed by atoms with Crippen molar-refractivity contribution in [3.63, 3.8) is 0 Å². The summed E-state index contributed by atoms with van der Waals surface area (Å²) in [6.45, 7) is 7.33. The monoisotopic (exact) mass is 265 g/mol. The molecule has 1 fully saturated rings. The highest BCUT2D eigenvalue weighted by atomic mass is 19.3. The summed E-state index contributed by atoms with van der Waals surface area (Å²) in [7, 11) is 0. The highest BCUT2D eigenvalue weighted by Gasteiger charge is 2.49. The summed E-state index contributed by atoms with van der Waals surface area (Å²) in [5.41, 5.74) is -0.138. The summed E-state index contributed by atoms with van der Waals surface area (Å²) in [5.74, 6) is -2.56. The summed E-state index contributed by atoms with van der Waals surface area (Å²) in [6.07, 6.45) is 0.876. The lowest BCUT2D eigenvalue weighted by Crippen LogP contribution is -2.62. The number of nitrogens with one attached hydrogen (secondary N) is 1. The summed E-state index contributed by atoms with van der Waals surface area (Å²) >= 11 is 0. The van der Waals surface area contributed by atoms with Crippen LogP contribution in [0.1, 0.15) is 34.1 Å². The van der Waals surface area contributed by atoms with Crippen LogP contribution in [0, 0.1) is 11.3 Å².